The monoisotopic (exact) mass is 231 g/mol. The fraction of sp³-hybridized carbons (Fsp3) is 0.125. The first-order valence-corrected chi connectivity index (χ1v) is 5.16. The van der Waals surface area contributed by atoms with Gasteiger partial charge in [0.2, 0.25) is 0 Å². The molecule has 0 bridgehead atoms. The summed E-state index contributed by atoms with van der Waals surface area (Å²) in [7, 11) is -4.53. The number of nitrogens with zero attached hydrogens (tertiary/aromatic N) is 1. The van der Waals surface area contributed by atoms with Crippen LogP contribution in [0, 0.1) is 10.2 Å². The van der Waals surface area contributed by atoms with E-state index in [1.54, 1.807) is 24.3 Å². The normalized spacial score (nSPS) is 19.5. The molecule has 0 radical (unpaired) electrons. The Bertz CT molecular complexity index is 389. The number of hydrogen-bond donors (Lipinski definition) is 0. The molecular weight excluding hydrogens is 226 g/mol. The van der Waals surface area contributed by atoms with Crippen molar-refractivity contribution >= 4 is 12.1 Å². The predicted octanol–water partition coefficient (Wildman–Crippen LogP) is -1.71. The molecule has 1 heterocycles. The lowest BCUT2D eigenvalue weighted by atomic mass is 10.1. The molecule has 0 N–H and O–H groups in total. The van der Waals surface area contributed by atoms with Crippen LogP contribution < -0.4 is 14.0 Å². The van der Waals surface area contributed by atoms with E-state index in [1.807, 2.05) is 0 Å². The molecule has 0 saturated carbocycles. The summed E-state index contributed by atoms with van der Waals surface area (Å²) in [6.07, 6.45) is -0.226. The smallest absolute Gasteiger partial charge is 0.381 e. The lowest BCUT2D eigenvalue weighted by molar-refractivity contribution is -1.92. The van der Waals surface area contributed by atoms with Crippen molar-refractivity contribution < 1.29 is 33.2 Å². The number of benzene rings is 1. The highest BCUT2D eigenvalue weighted by molar-refractivity contribution is 5.62. The van der Waals surface area contributed by atoms with Crippen LogP contribution in [0.1, 0.15) is 11.9 Å². The highest BCUT2D eigenvalue weighted by Gasteiger charge is 2.34. The molecular formula is C8H6ClNO5. The van der Waals surface area contributed by atoms with Crippen LogP contribution in [-0.4, -0.2) is 6.40 Å². The maximum atomic E-state index is 10.4. The minimum atomic E-state index is -4.53. The van der Waals surface area contributed by atoms with Gasteiger partial charge < -0.3 is 4.74 Å². The Morgan fingerprint density at radius 2 is 2.00 bits per heavy atom. The van der Waals surface area contributed by atoms with E-state index >= 15 is 0 Å². The van der Waals surface area contributed by atoms with Gasteiger partial charge in [0.1, 0.15) is 4.29 Å². The highest BCUT2D eigenvalue weighted by atomic mass is 35.7. The second-order valence-corrected chi connectivity index (χ2v) is 3.66. The zero-order valence-corrected chi connectivity index (χ0v) is 8.09. The number of ether oxygens (including phenoxy) is 1. The standard InChI is InChI=1S/C8H6ClNO5/c11-9(12,13)15-8-6-3-1-2-4-7(6)10-5-14-8/h1-5,8H. The number of fused-ring (bicyclic) bond motifs is 1. The maximum Gasteiger partial charge on any atom is 0.381 e. The van der Waals surface area contributed by atoms with Gasteiger partial charge in [-0.1, -0.05) is 12.1 Å². The number of hydrogen-bond acceptors (Lipinski definition) is 6. The van der Waals surface area contributed by atoms with E-state index in [9.17, 15) is 14.0 Å². The van der Waals surface area contributed by atoms with Crippen LogP contribution in [0.3, 0.4) is 0 Å². The molecule has 15 heavy (non-hydrogen) atoms. The number of rotatable bonds is 2. The topological polar surface area (TPSA) is 100 Å². The van der Waals surface area contributed by atoms with Crippen molar-refractivity contribution in [1.82, 2.24) is 0 Å². The van der Waals surface area contributed by atoms with Crippen molar-refractivity contribution in [2.24, 2.45) is 4.99 Å². The van der Waals surface area contributed by atoms with E-state index in [1.165, 1.54) is 0 Å². The molecule has 0 aromatic heterocycles. The maximum absolute atomic E-state index is 10.4. The van der Waals surface area contributed by atoms with E-state index in [0.717, 1.165) is 6.40 Å². The second-order valence-electron chi connectivity index (χ2n) is 2.73. The Morgan fingerprint density at radius 1 is 1.27 bits per heavy atom. The number of aliphatic imine (C=N–C) groups is 1. The second kappa shape index (κ2) is 3.76. The van der Waals surface area contributed by atoms with Gasteiger partial charge in [-0.05, 0) is 12.1 Å². The van der Waals surface area contributed by atoms with E-state index in [2.05, 4.69) is 9.28 Å². The zero-order valence-electron chi connectivity index (χ0n) is 7.33. The Morgan fingerprint density at radius 3 is 2.73 bits per heavy atom. The molecule has 1 aromatic rings. The van der Waals surface area contributed by atoms with Crippen LogP contribution in [0.2, 0.25) is 0 Å². The first kappa shape index (κ1) is 10.3. The van der Waals surface area contributed by atoms with Crippen LogP contribution in [0.5, 0.6) is 0 Å². The largest absolute Gasteiger partial charge is 0.436 e. The summed E-state index contributed by atoms with van der Waals surface area (Å²) < 4.78 is 40.1. The Labute approximate surface area is 87.1 Å². The van der Waals surface area contributed by atoms with Crippen molar-refractivity contribution in [2.45, 2.75) is 6.29 Å². The average molecular weight is 232 g/mol. The molecule has 0 fully saturated rings. The van der Waals surface area contributed by atoms with Gasteiger partial charge in [0.15, 0.2) is 6.40 Å². The van der Waals surface area contributed by atoms with Crippen LogP contribution in [0.4, 0.5) is 5.69 Å². The third-order valence-electron chi connectivity index (χ3n) is 1.76. The molecule has 0 saturated heterocycles. The molecule has 80 valence electrons. The fourth-order valence-corrected chi connectivity index (χ4v) is 1.52. The molecule has 1 aliphatic rings. The van der Waals surface area contributed by atoms with E-state index in [0.29, 0.717) is 11.3 Å². The number of para-hydroxylation sites is 1. The minimum Gasteiger partial charge on any atom is -0.436 e. The van der Waals surface area contributed by atoms with Gasteiger partial charge >= 0.3 is 6.29 Å². The van der Waals surface area contributed by atoms with Crippen molar-refractivity contribution in [3.05, 3.63) is 29.8 Å². The molecule has 0 amide bonds. The van der Waals surface area contributed by atoms with Crippen molar-refractivity contribution in [1.29, 1.82) is 0 Å². The Balaban J connectivity index is 2.27. The van der Waals surface area contributed by atoms with Crippen molar-refractivity contribution in [3.8, 4) is 0 Å². The average Bonchev–Trinajstić information content (AvgIpc) is 2.16. The SMILES string of the molecule is [O-][Cl+3]([O-])([O-])OC1OC=Nc2ccccc21. The summed E-state index contributed by atoms with van der Waals surface area (Å²) in [6, 6.07) is 6.60. The van der Waals surface area contributed by atoms with Crippen LogP contribution in [-0.2, 0) is 9.03 Å². The molecule has 7 heteroatoms. The molecule has 1 aromatic carbocycles. The highest BCUT2D eigenvalue weighted by Crippen LogP contribution is 2.32. The van der Waals surface area contributed by atoms with Crippen molar-refractivity contribution in [3.63, 3.8) is 0 Å². The van der Waals surface area contributed by atoms with E-state index in [-0.39, 0.29) is 0 Å². The van der Waals surface area contributed by atoms with Gasteiger partial charge in [-0.3, -0.25) is 0 Å². The lowest BCUT2D eigenvalue weighted by Gasteiger charge is -2.20. The van der Waals surface area contributed by atoms with Crippen molar-refractivity contribution in [2.75, 3.05) is 0 Å². The molecule has 2 rings (SSSR count). The van der Waals surface area contributed by atoms with Gasteiger partial charge in [-0.15, -0.1) is 0 Å². The first-order chi connectivity index (χ1) is 7.06. The van der Waals surface area contributed by atoms with Crippen LogP contribution >= 0.6 is 0 Å². The Kier molecular flexibility index (Phi) is 2.59. The number of halogens is 1. The van der Waals surface area contributed by atoms with Crippen LogP contribution in [0.15, 0.2) is 29.3 Å². The van der Waals surface area contributed by atoms with Crippen LogP contribution in [0.25, 0.3) is 0 Å². The summed E-state index contributed by atoms with van der Waals surface area (Å²) in [4.78, 5) is 3.85. The zero-order chi connectivity index (χ0) is 10.9. The molecule has 1 atom stereocenters. The van der Waals surface area contributed by atoms with E-state index < -0.39 is 16.5 Å². The van der Waals surface area contributed by atoms with Gasteiger partial charge in [0, 0.05) is 0 Å². The summed E-state index contributed by atoms with van der Waals surface area (Å²) >= 11 is 0. The first-order valence-electron chi connectivity index (χ1n) is 3.92. The molecule has 1 aliphatic heterocycles. The summed E-state index contributed by atoms with van der Waals surface area (Å²) in [5.41, 5.74) is 0.902. The molecule has 6 nitrogen and oxygen atoms in total. The lowest BCUT2D eigenvalue weighted by Crippen LogP contribution is -2.61. The molecule has 0 spiro atoms. The molecule has 0 aliphatic carbocycles. The summed E-state index contributed by atoms with van der Waals surface area (Å²) in [5.74, 6) is 0. The predicted molar refractivity (Wildman–Crippen MR) is 39.5 cm³/mol. The third kappa shape index (κ3) is 2.44. The molecule has 1 unspecified atom stereocenters. The van der Waals surface area contributed by atoms with Gasteiger partial charge in [-0.25, -0.2) is 4.99 Å². The van der Waals surface area contributed by atoms with Gasteiger partial charge in [0.25, 0.3) is 0 Å². The van der Waals surface area contributed by atoms with E-state index in [4.69, 9.17) is 4.74 Å². The fourth-order valence-electron chi connectivity index (χ4n) is 1.19. The van der Waals surface area contributed by atoms with Gasteiger partial charge in [0.05, 0.1) is 21.5 Å². The third-order valence-corrected chi connectivity index (χ3v) is 2.14. The van der Waals surface area contributed by atoms with Gasteiger partial charge in [-0.2, -0.15) is 14.0 Å². The Hall–Kier alpha value is -1.18. The quantitative estimate of drug-likeness (QED) is 0.603. The summed E-state index contributed by atoms with van der Waals surface area (Å²) in [6.45, 7) is 0. The summed E-state index contributed by atoms with van der Waals surface area (Å²) in [5, 5.41) is 0. The minimum absolute atomic E-state index is 0.395.